The molecule has 90 valence electrons. The Labute approximate surface area is 101 Å². The maximum atomic E-state index is 5.37. The molecule has 0 aliphatic rings. The molecule has 0 saturated carbocycles. The molecule has 0 aliphatic heterocycles. The number of hydrogen-bond donors (Lipinski definition) is 1. The van der Waals surface area contributed by atoms with Crippen molar-refractivity contribution in [1.29, 1.82) is 0 Å². The SMILES string of the molecule is CCCNC(c1cncnc1)c1ccoc1C. The molecule has 2 aromatic rings. The summed E-state index contributed by atoms with van der Waals surface area (Å²) in [5.41, 5.74) is 2.21. The second-order valence-electron chi connectivity index (χ2n) is 3.99. The monoisotopic (exact) mass is 231 g/mol. The molecular formula is C13H17N3O. The van der Waals surface area contributed by atoms with Gasteiger partial charge in [-0.2, -0.15) is 0 Å². The molecular weight excluding hydrogens is 214 g/mol. The molecule has 2 aromatic heterocycles. The van der Waals surface area contributed by atoms with Crippen molar-refractivity contribution in [3.05, 3.63) is 47.9 Å². The molecule has 1 unspecified atom stereocenters. The molecule has 0 amide bonds. The first-order valence-electron chi connectivity index (χ1n) is 5.85. The van der Waals surface area contributed by atoms with Crippen LogP contribution in [0.3, 0.4) is 0 Å². The van der Waals surface area contributed by atoms with Crippen LogP contribution < -0.4 is 5.32 Å². The Morgan fingerprint density at radius 1 is 1.35 bits per heavy atom. The lowest BCUT2D eigenvalue weighted by molar-refractivity contribution is 0.516. The summed E-state index contributed by atoms with van der Waals surface area (Å²) in [5, 5.41) is 3.49. The average Bonchev–Trinajstić information content (AvgIpc) is 2.78. The fourth-order valence-electron chi connectivity index (χ4n) is 1.85. The number of nitrogens with one attached hydrogen (secondary N) is 1. The normalized spacial score (nSPS) is 12.6. The van der Waals surface area contributed by atoms with E-state index in [9.17, 15) is 0 Å². The van der Waals surface area contributed by atoms with Gasteiger partial charge in [-0.15, -0.1) is 0 Å². The third-order valence-electron chi connectivity index (χ3n) is 2.72. The van der Waals surface area contributed by atoms with Crippen molar-refractivity contribution in [2.75, 3.05) is 6.54 Å². The quantitative estimate of drug-likeness (QED) is 0.858. The summed E-state index contributed by atoms with van der Waals surface area (Å²) in [6.45, 7) is 5.07. The predicted octanol–water partition coefficient (Wildman–Crippen LogP) is 2.47. The minimum absolute atomic E-state index is 0.106. The number of hydrogen-bond acceptors (Lipinski definition) is 4. The lowest BCUT2D eigenvalue weighted by atomic mass is 10.0. The van der Waals surface area contributed by atoms with Crippen LogP contribution >= 0.6 is 0 Å². The fourth-order valence-corrected chi connectivity index (χ4v) is 1.85. The molecule has 2 rings (SSSR count). The third-order valence-corrected chi connectivity index (χ3v) is 2.72. The molecule has 0 radical (unpaired) electrons. The summed E-state index contributed by atoms with van der Waals surface area (Å²) in [5.74, 6) is 0.933. The van der Waals surface area contributed by atoms with E-state index in [-0.39, 0.29) is 6.04 Å². The highest BCUT2D eigenvalue weighted by atomic mass is 16.3. The van der Waals surface area contributed by atoms with Crippen LogP contribution in [-0.2, 0) is 0 Å². The van der Waals surface area contributed by atoms with E-state index >= 15 is 0 Å². The zero-order valence-electron chi connectivity index (χ0n) is 10.2. The van der Waals surface area contributed by atoms with Crippen LogP contribution in [0.2, 0.25) is 0 Å². The largest absolute Gasteiger partial charge is 0.469 e. The summed E-state index contributed by atoms with van der Waals surface area (Å²) in [7, 11) is 0. The molecule has 0 fully saturated rings. The number of aryl methyl sites for hydroxylation is 1. The zero-order chi connectivity index (χ0) is 12.1. The molecule has 0 spiro atoms. The van der Waals surface area contributed by atoms with Crippen molar-refractivity contribution >= 4 is 0 Å². The summed E-state index contributed by atoms with van der Waals surface area (Å²) in [6, 6.07) is 2.10. The third kappa shape index (κ3) is 2.71. The van der Waals surface area contributed by atoms with Gasteiger partial charge in [0.15, 0.2) is 0 Å². The minimum atomic E-state index is 0.106. The molecule has 0 saturated heterocycles. The van der Waals surface area contributed by atoms with Crippen LogP contribution in [0.1, 0.15) is 36.3 Å². The van der Waals surface area contributed by atoms with Gasteiger partial charge in [0.25, 0.3) is 0 Å². The lowest BCUT2D eigenvalue weighted by Crippen LogP contribution is -2.23. The van der Waals surface area contributed by atoms with Crippen molar-refractivity contribution in [2.45, 2.75) is 26.3 Å². The fraction of sp³-hybridized carbons (Fsp3) is 0.385. The van der Waals surface area contributed by atoms with E-state index in [1.54, 1.807) is 12.6 Å². The Kier molecular flexibility index (Phi) is 3.88. The van der Waals surface area contributed by atoms with Crippen LogP contribution in [0.25, 0.3) is 0 Å². The minimum Gasteiger partial charge on any atom is -0.469 e. The lowest BCUT2D eigenvalue weighted by Gasteiger charge is -2.17. The van der Waals surface area contributed by atoms with E-state index < -0.39 is 0 Å². The van der Waals surface area contributed by atoms with Crippen molar-refractivity contribution in [3.8, 4) is 0 Å². The summed E-state index contributed by atoms with van der Waals surface area (Å²) in [4.78, 5) is 8.14. The van der Waals surface area contributed by atoms with Gasteiger partial charge in [0.05, 0.1) is 12.3 Å². The number of furan rings is 1. The Morgan fingerprint density at radius 3 is 2.71 bits per heavy atom. The van der Waals surface area contributed by atoms with Gasteiger partial charge in [-0.05, 0) is 26.0 Å². The van der Waals surface area contributed by atoms with Gasteiger partial charge in [0.1, 0.15) is 12.1 Å². The van der Waals surface area contributed by atoms with E-state index in [4.69, 9.17) is 4.42 Å². The number of nitrogens with zero attached hydrogens (tertiary/aromatic N) is 2. The van der Waals surface area contributed by atoms with Crippen LogP contribution in [0.4, 0.5) is 0 Å². The Bertz CT molecular complexity index is 453. The maximum absolute atomic E-state index is 5.37. The topological polar surface area (TPSA) is 51.0 Å². The first-order valence-corrected chi connectivity index (χ1v) is 5.85. The molecule has 0 aliphatic carbocycles. The van der Waals surface area contributed by atoms with Gasteiger partial charge in [0.2, 0.25) is 0 Å². The number of rotatable bonds is 5. The van der Waals surface area contributed by atoms with Gasteiger partial charge >= 0.3 is 0 Å². The van der Waals surface area contributed by atoms with E-state index in [1.807, 2.05) is 25.4 Å². The predicted molar refractivity (Wildman–Crippen MR) is 65.6 cm³/mol. The molecule has 4 nitrogen and oxygen atoms in total. The number of aromatic nitrogens is 2. The maximum Gasteiger partial charge on any atom is 0.115 e. The molecule has 4 heteroatoms. The first kappa shape index (κ1) is 11.8. The van der Waals surface area contributed by atoms with Gasteiger partial charge in [-0.1, -0.05) is 6.92 Å². The van der Waals surface area contributed by atoms with Gasteiger partial charge in [0, 0.05) is 23.5 Å². The Hall–Kier alpha value is -1.68. The van der Waals surface area contributed by atoms with Crippen LogP contribution in [0, 0.1) is 6.92 Å². The van der Waals surface area contributed by atoms with E-state index in [2.05, 4.69) is 22.2 Å². The van der Waals surface area contributed by atoms with Gasteiger partial charge in [-0.25, -0.2) is 9.97 Å². The molecule has 1 N–H and O–H groups in total. The van der Waals surface area contributed by atoms with E-state index in [0.717, 1.165) is 29.9 Å². The smallest absolute Gasteiger partial charge is 0.115 e. The van der Waals surface area contributed by atoms with Crippen LogP contribution in [-0.4, -0.2) is 16.5 Å². The second-order valence-corrected chi connectivity index (χ2v) is 3.99. The van der Waals surface area contributed by atoms with E-state index in [0.29, 0.717) is 0 Å². The van der Waals surface area contributed by atoms with Gasteiger partial charge < -0.3 is 9.73 Å². The summed E-state index contributed by atoms with van der Waals surface area (Å²) < 4.78 is 5.37. The second kappa shape index (κ2) is 5.59. The Balaban J connectivity index is 2.29. The van der Waals surface area contributed by atoms with Crippen molar-refractivity contribution in [1.82, 2.24) is 15.3 Å². The highest BCUT2D eigenvalue weighted by Crippen LogP contribution is 2.24. The summed E-state index contributed by atoms with van der Waals surface area (Å²) >= 11 is 0. The molecule has 1 atom stereocenters. The molecule has 2 heterocycles. The average molecular weight is 231 g/mol. The van der Waals surface area contributed by atoms with Crippen LogP contribution in [0.15, 0.2) is 35.5 Å². The van der Waals surface area contributed by atoms with Crippen LogP contribution in [0.5, 0.6) is 0 Å². The summed E-state index contributed by atoms with van der Waals surface area (Å²) in [6.07, 6.45) is 8.03. The first-order chi connectivity index (χ1) is 8.33. The van der Waals surface area contributed by atoms with Gasteiger partial charge in [-0.3, -0.25) is 0 Å². The van der Waals surface area contributed by atoms with E-state index in [1.165, 1.54) is 0 Å². The zero-order valence-corrected chi connectivity index (χ0v) is 10.2. The molecule has 0 aromatic carbocycles. The molecule has 17 heavy (non-hydrogen) atoms. The highest BCUT2D eigenvalue weighted by Gasteiger charge is 2.17. The molecule has 0 bridgehead atoms. The van der Waals surface area contributed by atoms with Crippen molar-refractivity contribution in [3.63, 3.8) is 0 Å². The highest BCUT2D eigenvalue weighted by molar-refractivity contribution is 5.30. The standard InChI is InChI=1S/C13H17N3O/c1-3-5-16-13(11-7-14-9-15-8-11)12-4-6-17-10(12)2/h4,6-9,13,16H,3,5H2,1-2H3. The van der Waals surface area contributed by atoms with Crippen molar-refractivity contribution < 1.29 is 4.42 Å². The van der Waals surface area contributed by atoms with Crippen molar-refractivity contribution in [2.24, 2.45) is 0 Å². The Morgan fingerprint density at radius 2 is 2.12 bits per heavy atom.